The van der Waals surface area contributed by atoms with Gasteiger partial charge in [-0.1, -0.05) is 207 Å². The minimum atomic E-state index is 0.555. The molecule has 4 heterocycles. The quantitative estimate of drug-likeness (QED) is 0.128. The molecule has 14 rings (SSSR count). The van der Waals surface area contributed by atoms with Crippen molar-refractivity contribution in [1.29, 1.82) is 0 Å². The summed E-state index contributed by atoms with van der Waals surface area (Å²) < 4.78 is 7.34. The molecule has 0 saturated heterocycles. The number of allylic oxidation sites excluding steroid dienone is 4. The Labute approximate surface area is 433 Å². The smallest absolute Gasteiger partial charge is 0.164 e. The van der Waals surface area contributed by atoms with Crippen LogP contribution in [0.4, 0.5) is 0 Å². The molecule has 0 saturated carbocycles. The Bertz CT molecular complexity index is 4450. The maximum Gasteiger partial charge on any atom is 0.164 e. The zero-order chi connectivity index (χ0) is 50.0. The van der Waals surface area contributed by atoms with Crippen LogP contribution in [0.15, 0.2) is 268 Å². The monoisotopic (exact) mass is 958 g/mol. The zero-order valence-electron chi connectivity index (χ0n) is 40.8. The second-order valence-corrected chi connectivity index (χ2v) is 18.8. The van der Waals surface area contributed by atoms with Crippen LogP contribution in [-0.4, -0.2) is 28.7 Å². The Morgan fingerprint density at radius 1 is 0.360 bits per heavy atom. The van der Waals surface area contributed by atoms with Gasteiger partial charge in [-0.2, -0.15) is 0 Å². The van der Waals surface area contributed by atoms with Crippen molar-refractivity contribution in [2.24, 2.45) is 0 Å². The van der Waals surface area contributed by atoms with Crippen molar-refractivity contribution in [2.75, 3.05) is 0 Å². The molecule has 352 valence electrons. The van der Waals surface area contributed by atoms with E-state index in [1.54, 1.807) is 0 Å². The number of nitrogens with zero attached hydrogens (tertiary/aromatic N) is 6. The molecule has 0 fully saturated rings. The second kappa shape index (κ2) is 17.8. The Hall–Kier alpha value is -10.2. The summed E-state index contributed by atoms with van der Waals surface area (Å²) in [6.45, 7) is 8.68. The summed E-state index contributed by atoms with van der Waals surface area (Å²) in [7, 11) is 0. The van der Waals surface area contributed by atoms with Crippen molar-refractivity contribution >= 4 is 71.0 Å². The van der Waals surface area contributed by atoms with Gasteiger partial charge in [-0.15, -0.1) is 0 Å². The van der Waals surface area contributed by atoms with Gasteiger partial charge >= 0.3 is 0 Å². The van der Waals surface area contributed by atoms with Crippen LogP contribution in [-0.2, 0) is 0 Å². The van der Waals surface area contributed by atoms with E-state index in [2.05, 4.69) is 203 Å². The Kier molecular flexibility index (Phi) is 10.4. The first kappa shape index (κ1) is 43.6. The van der Waals surface area contributed by atoms with E-state index in [0.29, 0.717) is 17.5 Å². The molecular formula is C69H46N6. The predicted molar refractivity (Wildman–Crippen MR) is 313 cm³/mol. The molecule has 6 heteroatoms. The molecule has 0 aliphatic heterocycles. The molecule has 0 aliphatic rings. The van der Waals surface area contributed by atoms with Crippen LogP contribution < -0.4 is 0 Å². The van der Waals surface area contributed by atoms with Gasteiger partial charge in [0.25, 0.3) is 0 Å². The standard InChI is InChI=1S/C69H46N6/c1-3-23-45(4-2)56-42-49(69-71-67(47-26-10-6-11-27-47)70-68(72-69)48-28-12-7-13-29-48)43-57(46-24-8-5-9-25-46)66(56)75-63-39-22-38-62(74-60-36-20-16-32-53(60)54-33-17-21-37-61(54)74)65(63)55-41-40-50(44-64(55)75)73-58-34-18-14-30-51(58)52-31-15-19-35-59(52)73/h3-44H,1-2H2/b45-23+. The van der Waals surface area contributed by atoms with Crippen LogP contribution in [0.25, 0.3) is 133 Å². The van der Waals surface area contributed by atoms with E-state index in [4.69, 9.17) is 15.0 Å². The van der Waals surface area contributed by atoms with E-state index >= 15 is 0 Å². The van der Waals surface area contributed by atoms with Gasteiger partial charge in [0.15, 0.2) is 17.5 Å². The van der Waals surface area contributed by atoms with E-state index in [0.717, 1.165) is 99.9 Å². The van der Waals surface area contributed by atoms with Gasteiger partial charge in [0.05, 0.1) is 44.5 Å². The average Bonchev–Trinajstić information content (AvgIpc) is 4.13. The first-order valence-electron chi connectivity index (χ1n) is 25.3. The third kappa shape index (κ3) is 7.07. The van der Waals surface area contributed by atoms with Crippen LogP contribution in [0.2, 0.25) is 0 Å². The van der Waals surface area contributed by atoms with Crippen LogP contribution in [0.1, 0.15) is 5.56 Å². The Morgan fingerprint density at radius 2 is 0.827 bits per heavy atom. The first-order valence-corrected chi connectivity index (χ1v) is 25.3. The molecule has 0 spiro atoms. The molecule has 0 amide bonds. The molecule has 0 N–H and O–H groups in total. The third-order valence-electron chi connectivity index (χ3n) is 14.6. The SMILES string of the molecule is C=C/C=C(\C=C)c1cc(-c2nc(-c3ccccc3)nc(-c3ccccc3)n2)cc(-c2ccccc2)c1-n1c2cc(-n3c4ccccc4c4ccccc43)ccc2c2c(-n3c4ccccc4c4ccccc43)cccc21. The maximum absolute atomic E-state index is 5.28. The van der Waals surface area contributed by atoms with Crippen molar-refractivity contribution in [3.63, 3.8) is 0 Å². The molecule has 0 atom stereocenters. The number of rotatable bonds is 10. The molecule has 14 aromatic rings. The number of fused-ring (bicyclic) bond motifs is 9. The number of hydrogen-bond acceptors (Lipinski definition) is 3. The van der Waals surface area contributed by atoms with Crippen molar-refractivity contribution < 1.29 is 0 Å². The van der Waals surface area contributed by atoms with Gasteiger partial charge in [0.1, 0.15) is 0 Å². The Morgan fingerprint density at radius 3 is 1.35 bits per heavy atom. The maximum atomic E-state index is 5.28. The van der Waals surface area contributed by atoms with Crippen LogP contribution >= 0.6 is 0 Å². The van der Waals surface area contributed by atoms with Crippen molar-refractivity contribution in [3.8, 4) is 62.4 Å². The lowest BCUT2D eigenvalue weighted by Crippen LogP contribution is -2.05. The first-order chi connectivity index (χ1) is 37.1. The third-order valence-corrected chi connectivity index (χ3v) is 14.6. The highest BCUT2D eigenvalue weighted by molar-refractivity contribution is 6.18. The molecule has 4 aromatic heterocycles. The van der Waals surface area contributed by atoms with E-state index < -0.39 is 0 Å². The average molecular weight is 959 g/mol. The minimum absolute atomic E-state index is 0.555. The minimum Gasteiger partial charge on any atom is -0.309 e. The predicted octanol–water partition coefficient (Wildman–Crippen LogP) is 17.6. The summed E-state index contributed by atoms with van der Waals surface area (Å²) in [6, 6.07) is 84.1. The number of aromatic nitrogens is 6. The van der Waals surface area contributed by atoms with Crippen molar-refractivity contribution in [2.45, 2.75) is 0 Å². The van der Waals surface area contributed by atoms with Crippen molar-refractivity contribution in [1.82, 2.24) is 28.7 Å². The fourth-order valence-electron chi connectivity index (χ4n) is 11.4. The summed E-state index contributed by atoms with van der Waals surface area (Å²) in [5.74, 6) is 1.74. The van der Waals surface area contributed by atoms with Crippen LogP contribution in [0, 0.1) is 0 Å². The van der Waals surface area contributed by atoms with Gasteiger partial charge in [0, 0.05) is 65.8 Å². The number of para-hydroxylation sites is 4. The molecule has 0 unspecified atom stereocenters. The fourth-order valence-corrected chi connectivity index (χ4v) is 11.4. The van der Waals surface area contributed by atoms with Crippen molar-refractivity contribution in [3.05, 3.63) is 274 Å². The molecular weight excluding hydrogens is 913 g/mol. The number of hydrogen-bond donors (Lipinski definition) is 0. The highest BCUT2D eigenvalue weighted by atomic mass is 15.1. The van der Waals surface area contributed by atoms with E-state index in [1.165, 1.54) is 21.5 Å². The van der Waals surface area contributed by atoms with Gasteiger partial charge in [-0.05, 0) is 71.8 Å². The summed E-state index contributed by atoms with van der Waals surface area (Å²) in [5, 5.41) is 7.09. The number of benzene rings is 10. The summed E-state index contributed by atoms with van der Waals surface area (Å²) in [6.07, 6.45) is 5.81. The molecule has 0 radical (unpaired) electrons. The highest BCUT2D eigenvalue weighted by Crippen LogP contribution is 2.46. The zero-order valence-corrected chi connectivity index (χ0v) is 40.8. The van der Waals surface area contributed by atoms with Gasteiger partial charge in [0.2, 0.25) is 0 Å². The van der Waals surface area contributed by atoms with Crippen LogP contribution in [0.3, 0.4) is 0 Å². The second-order valence-electron chi connectivity index (χ2n) is 18.8. The molecule has 10 aromatic carbocycles. The summed E-state index contributed by atoms with van der Waals surface area (Å²) in [4.78, 5) is 15.6. The lowest BCUT2D eigenvalue weighted by molar-refractivity contribution is 1.07. The topological polar surface area (TPSA) is 53.5 Å². The molecule has 0 aliphatic carbocycles. The Balaban J connectivity index is 1.14. The lowest BCUT2D eigenvalue weighted by Gasteiger charge is -2.22. The molecule has 0 bridgehead atoms. The summed E-state index contributed by atoms with van der Waals surface area (Å²) in [5.41, 5.74) is 16.3. The van der Waals surface area contributed by atoms with Gasteiger partial charge < -0.3 is 13.7 Å². The largest absolute Gasteiger partial charge is 0.309 e. The molecule has 75 heavy (non-hydrogen) atoms. The normalized spacial score (nSPS) is 11.9. The lowest BCUT2D eigenvalue weighted by atomic mass is 9.92. The van der Waals surface area contributed by atoms with Gasteiger partial charge in [-0.25, -0.2) is 15.0 Å². The van der Waals surface area contributed by atoms with E-state index in [9.17, 15) is 0 Å². The van der Waals surface area contributed by atoms with E-state index in [-0.39, 0.29) is 0 Å². The molecule has 6 nitrogen and oxygen atoms in total. The highest BCUT2D eigenvalue weighted by Gasteiger charge is 2.26. The van der Waals surface area contributed by atoms with E-state index in [1.807, 2.05) is 78.9 Å². The fraction of sp³-hybridized carbons (Fsp3) is 0. The van der Waals surface area contributed by atoms with Crippen LogP contribution in [0.5, 0.6) is 0 Å². The van der Waals surface area contributed by atoms with Gasteiger partial charge in [-0.3, -0.25) is 0 Å². The summed E-state index contributed by atoms with van der Waals surface area (Å²) >= 11 is 0.